The molecule has 0 spiro atoms. The number of hydrogen-bond acceptors (Lipinski definition) is 11. The number of aliphatic hydroxyl groups excluding tert-OH is 1. The minimum absolute atomic E-state index is 0.0389. The summed E-state index contributed by atoms with van der Waals surface area (Å²) < 4.78 is 99.0. The van der Waals surface area contributed by atoms with E-state index < -0.39 is 47.8 Å². The number of carbonyl (C=O) groups is 2. The maximum Gasteiger partial charge on any atom is 0.451 e. The Balaban J connectivity index is 0.000000290. The van der Waals surface area contributed by atoms with Crippen molar-refractivity contribution in [1.29, 1.82) is 0 Å². The molecule has 0 atom stereocenters. The van der Waals surface area contributed by atoms with E-state index in [2.05, 4.69) is 29.9 Å². The molecule has 11 nitrogen and oxygen atoms in total. The lowest BCUT2D eigenvalue weighted by molar-refractivity contribution is -0.155. The lowest BCUT2D eigenvalue weighted by Gasteiger charge is -2.19. The quantitative estimate of drug-likeness (QED) is 0.125. The van der Waals surface area contributed by atoms with E-state index in [-0.39, 0.29) is 37.4 Å². The number of halogens is 7. The van der Waals surface area contributed by atoms with Crippen LogP contribution in [0.5, 0.6) is 0 Å². The highest BCUT2D eigenvalue weighted by Crippen LogP contribution is 2.29. The summed E-state index contributed by atoms with van der Waals surface area (Å²) in [6.07, 6.45) is -1.83. The van der Waals surface area contributed by atoms with E-state index >= 15 is 0 Å². The number of alkyl halides is 7. The first-order chi connectivity index (χ1) is 25.0. The molecule has 0 bridgehead atoms. The number of ether oxygens (including phenoxy) is 2. The van der Waals surface area contributed by atoms with Crippen molar-refractivity contribution in [3.63, 3.8) is 0 Å². The Morgan fingerprint density at radius 1 is 0.574 bits per heavy atom. The van der Waals surface area contributed by atoms with Gasteiger partial charge < -0.3 is 14.6 Å². The molecule has 0 saturated heterocycles. The van der Waals surface area contributed by atoms with Gasteiger partial charge in [-0.3, -0.25) is 19.6 Å². The van der Waals surface area contributed by atoms with Crippen molar-refractivity contribution in [3.8, 4) is 22.5 Å². The van der Waals surface area contributed by atoms with Crippen LogP contribution in [0.3, 0.4) is 0 Å². The molecule has 0 unspecified atom stereocenters. The van der Waals surface area contributed by atoms with Crippen LogP contribution < -0.4 is 0 Å². The summed E-state index contributed by atoms with van der Waals surface area (Å²) in [6, 6.07) is 3.12. The third-order valence-electron chi connectivity index (χ3n) is 6.92. The van der Waals surface area contributed by atoms with Crippen LogP contribution in [0.2, 0.25) is 0 Å². The highest BCUT2D eigenvalue weighted by atomic mass is 19.4. The molecular weight excluding hydrogens is 729 g/mol. The number of rotatable bonds is 10. The Morgan fingerprint density at radius 3 is 1.24 bits per heavy atom. The minimum atomic E-state index is -4.64. The van der Waals surface area contributed by atoms with Crippen LogP contribution >= 0.6 is 0 Å². The van der Waals surface area contributed by atoms with Crippen molar-refractivity contribution in [2.75, 3.05) is 0 Å². The Bertz CT molecular complexity index is 1740. The van der Waals surface area contributed by atoms with Crippen LogP contribution in [0.25, 0.3) is 22.5 Å². The summed E-state index contributed by atoms with van der Waals surface area (Å²) in [6.45, 7) is 9.46. The van der Waals surface area contributed by atoms with Gasteiger partial charge in [-0.05, 0) is 83.2 Å². The molecule has 0 saturated carbocycles. The summed E-state index contributed by atoms with van der Waals surface area (Å²) >= 11 is 0. The van der Waals surface area contributed by atoms with Crippen molar-refractivity contribution in [3.05, 3.63) is 83.2 Å². The van der Waals surface area contributed by atoms with E-state index in [1.807, 2.05) is 0 Å². The fraction of sp³-hybridized carbons (Fsp3) is 0.444. The van der Waals surface area contributed by atoms with E-state index in [0.29, 0.717) is 45.6 Å². The first kappa shape index (κ1) is 43.3. The highest BCUT2D eigenvalue weighted by molar-refractivity contribution is 5.71. The Morgan fingerprint density at radius 2 is 0.926 bits per heavy atom. The molecule has 4 aromatic heterocycles. The minimum Gasteiger partial charge on any atom is -0.460 e. The summed E-state index contributed by atoms with van der Waals surface area (Å²) in [7, 11) is 0. The number of pyridine rings is 2. The predicted molar refractivity (Wildman–Crippen MR) is 180 cm³/mol. The highest BCUT2D eigenvalue weighted by Gasteiger charge is 2.35. The molecule has 1 N–H and O–H groups in total. The third kappa shape index (κ3) is 13.7. The Kier molecular flexibility index (Phi) is 14.3. The van der Waals surface area contributed by atoms with Crippen molar-refractivity contribution in [1.82, 2.24) is 29.9 Å². The topological polar surface area (TPSA) is 150 Å². The summed E-state index contributed by atoms with van der Waals surface area (Å²) in [4.78, 5) is 45.1. The van der Waals surface area contributed by atoms with Gasteiger partial charge in [0.2, 0.25) is 11.6 Å². The van der Waals surface area contributed by atoms with Gasteiger partial charge in [0.25, 0.3) is 0 Å². The second-order valence-electron chi connectivity index (χ2n) is 13.7. The maximum absolute atomic E-state index is 13.2. The van der Waals surface area contributed by atoms with E-state index in [1.54, 1.807) is 47.6 Å². The fourth-order valence-electron chi connectivity index (χ4n) is 4.57. The van der Waals surface area contributed by atoms with Gasteiger partial charge in [0.05, 0.1) is 18.0 Å². The van der Waals surface area contributed by atoms with Gasteiger partial charge in [-0.1, -0.05) is 0 Å². The molecule has 54 heavy (non-hydrogen) atoms. The molecular formula is C36H39F7N6O5. The van der Waals surface area contributed by atoms with Crippen molar-refractivity contribution in [2.45, 2.75) is 104 Å². The van der Waals surface area contributed by atoms with Crippen LogP contribution in [0.15, 0.2) is 49.3 Å². The second kappa shape index (κ2) is 17.8. The van der Waals surface area contributed by atoms with Crippen molar-refractivity contribution >= 4 is 11.9 Å². The molecule has 0 aliphatic carbocycles. The van der Waals surface area contributed by atoms with Gasteiger partial charge in [-0.25, -0.2) is 24.3 Å². The van der Waals surface area contributed by atoms with E-state index in [9.17, 15) is 45.4 Å². The van der Waals surface area contributed by atoms with Gasteiger partial charge in [0.15, 0.2) is 0 Å². The Labute approximate surface area is 306 Å². The van der Waals surface area contributed by atoms with Gasteiger partial charge in [-0.2, -0.15) is 26.3 Å². The molecule has 292 valence electrons. The maximum atomic E-state index is 13.2. The molecule has 0 fully saturated rings. The van der Waals surface area contributed by atoms with Gasteiger partial charge in [0.1, 0.15) is 17.9 Å². The summed E-state index contributed by atoms with van der Waals surface area (Å²) in [5.74, 6) is -3.30. The van der Waals surface area contributed by atoms with Crippen LogP contribution in [0.1, 0.15) is 88.3 Å². The standard InChI is InChI=1S/C18H19F4N3O2.C18H20F3N3O3/c1-17(2,3)27-15(26)5-4-11-6-14(23-8-12(11)7-19)13-9-24-16(25-10-13)18(20,21)22;1-17(2,3)27-15(26)5-4-11-6-14(22-9-13(11)10-25)12-7-23-16(24-8-12)18(19,20)21/h6,8-10H,4-5,7H2,1-3H3;6-9,25H,4-5,10H2,1-3H3. The second-order valence-corrected chi connectivity index (χ2v) is 13.7. The van der Waals surface area contributed by atoms with Crippen molar-refractivity contribution in [2.24, 2.45) is 0 Å². The Hall–Kier alpha value is -5.13. The monoisotopic (exact) mass is 768 g/mol. The largest absolute Gasteiger partial charge is 0.460 e. The van der Waals surface area contributed by atoms with Gasteiger partial charge in [0, 0.05) is 66.7 Å². The van der Waals surface area contributed by atoms with Crippen LogP contribution in [-0.2, 0) is 57.5 Å². The smallest absolute Gasteiger partial charge is 0.451 e. The fourth-order valence-corrected chi connectivity index (χ4v) is 4.57. The SMILES string of the molecule is CC(C)(C)OC(=O)CCc1cc(-c2cnc(C(F)(F)F)nc2)ncc1CF.CC(C)(C)OC(=O)CCc1cc(-c2cnc(C(F)(F)F)nc2)ncc1CO. The molecule has 0 aliphatic rings. The lowest BCUT2D eigenvalue weighted by atomic mass is 10.0. The molecule has 0 amide bonds. The molecule has 0 aromatic carbocycles. The zero-order valence-corrected chi connectivity index (χ0v) is 30.3. The third-order valence-corrected chi connectivity index (χ3v) is 6.92. The normalized spacial score (nSPS) is 12.1. The molecule has 4 rings (SSSR count). The van der Waals surface area contributed by atoms with E-state index in [4.69, 9.17) is 9.47 Å². The predicted octanol–water partition coefficient (Wildman–Crippen LogP) is 7.63. The van der Waals surface area contributed by atoms with Crippen LogP contribution in [0.4, 0.5) is 30.7 Å². The van der Waals surface area contributed by atoms with Crippen LogP contribution in [-0.4, -0.2) is 58.2 Å². The average Bonchev–Trinajstić information content (AvgIpc) is 3.07. The number of hydrogen-bond donors (Lipinski definition) is 1. The molecule has 4 heterocycles. The molecule has 18 heteroatoms. The van der Waals surface area contributed by atoms with Gasteiger partial charge in [-0.15, -0.1) is 0 Å². The number of esters is 2. The number of nitrogens with zero attached hydrogens (tertiary/aromatic N) is 6. The lowest BCUT2D eigenvalue weighted by Crippen LogP contribution is -2.24. The summed E-state index contributed by atoms with van der Waals surface area (Å²) in [5, 5.41) is 9.45. The average molecular weight is 769 g/mol. The zero-order valence-electron chi connectivity index (χ0n) is 30.3. The van der Waals surface area contributed by atoms with Crippen molar-refractivity contribution < 1.29 is 54.9 Å². The number of carbonyl (C=O) groups excluding carboxylic acids is 2. The summed E-state index contributed by atoms with van der Waals surface area (Å²) in [5.41, 5.74) is 1.96. The van der Waals surface area contributed by atoms with E-state index in [1.165, 1.54) is 18.5 Å². The number of aliphatic hydroxyl groups is 1. The van der Waals surface area contributed by atoms with Crippen LogP contribution in [0, 0.1) is 0 Å². The first-order valence-corrected chi connectivity index (χ1v) is 16.3. The molecule has 4 aromatic rings. The number of aryl methyl sites for hydroxylation is 2. The molecule has 0 aliphatic heterocycles. The number of aromatic nitrogens is 6. The van der Waals surface area contributed by atoms with Gasteiger partial charge >= 0.3 is 24.3 Å². The zero-order chi connectivity index (χ0) is 40.5. The molecule has 0 radical (unpaired) electrons. The van der Waals surface area contributed by atoms with E-state index in [0.717, 1.165) is 24.8 Å². The first-order valence-electron chi connectivity index (χ1n) is 16.3.